The van der Waals surface area contributed by atoms with Crippen LogP contribution >= 0.6 is 0 Å². The number of amides is 2. The quantitative estimate of drug-likeness (QED) is 0.626. The third kappa shape index (κ3) is 2.67. The fraction of sp³-hybridized carbons (Fsp3) is 0.600. The molecule has 0 aromatic heterocycles. The van der Waals surface area contributed by atoms with Crippen LogP contribution in [0.5, 0.6) is 0 Å². The van der Waals surface area contributed by atoms with Crippen molar-refractivity contribution in [1.82, 2.24) is 5.32 Å². The molecule has 1 atom stereocenters. The lowest BCUT2D eigenvalue weighted by Gasteiger charge is -2.10. The molecule has 0 aromatic rings. The first-order chi connectivity index (χ1) is 6.67. The SMILES string of the molecule is CCC(CO)CCC1=CC(=O)NC1=O. The summed E-state index contributed by atoms with van der Waals surface area (Å²) in [6.07, 6.45) is 3.54. The molecule has 0 radical (unpaired) electrons. The number of rotatable bonds is 5. The lowest BCUT2D eigenvalue weighted by Crippen LogP contribution is -2.22. The van der Waals surface area contributed by atoms with Crippen LogP contribution < -0.4 is 5.32 Å². The summed E-state index contributed by atoms with van der Waals surface area (Å²) < 4.78 is 0. The molecule has 4 heteroatoms. The fourth-order valence-corrected chi connectivity index (χ4v) is 1.42. The standard InChI is InChI=1S/C10H15NO3/c1-2-7(6-12)3-4-8-5-9(13)11-10(8)14/h5,7,12H,2-4,6H2,1H3,(H,11,13,14). The molecule has 0 bridgehead atoms. The lowest BCUT2D eigenvalue weighted by molar-refractivity contribution is -0.123. The first-order valence-corrected chi connectivity index (χ1v) is 4.84. The lowest BCUT2D eigenvalue weighted by atomic mass is 9.98. The minimum Gasteiger partial charge on any atom is -0.396 e. The van der Waals surface area contributed by atoms with Gasteiger partial charge in [-0.2, -0.15) is 0 Å². The van der Waals surface area contributed by atoms with Gasteiger partial charge in [-0.1, -0.05) is 13.3 Å². The minimum absolute atomic E-state index is 0.138. The summed E-state index contributed by atoms with van der Waals surface area (Å²) in [4.78, 5) is 21.9. The zero-order valence-corrected chi connectivity index (χ0v) is 8.25. The fourth-order valence-electron chi connectivity index (χ4n) is 1.42. The summed E-state index contributed by atoms with van der Waals surface area (Å²) >= 11 is 0. The zero-order chi connectivity index (χ0) is 10.6. The van der Waals surface area contributed by atoms with Crippen LogP contribution in [0.1, 0.15) is 26.2 Å². The molecule has 14 heavy (non-hydrogen) atoms. The maximum atomic E-state index is 11.1. The van der Waals surface area contributed by atoms with Crippen molar-refractivity contribution in [2.24, 2.45) is 5.92 Å². The molecule has 2 N–H and O–H groups in total. The number of hydrogen-bond donors (Lipinski definition) is 2. The van der Waals surface area contributed by atoms with Gasteiger partial charge in [0, 0.05) is 18.3 Å². The number of aliphatic hydroxyl groups excluding tert-OH is 1. The Morgan fingerprint density at radius 3 is 2.64 bits per heavy atom. The molecule has 0 saturated heterocycles. The van der Waals surface area contributed by atoms with E-state index in [2.05, 4.69) is 5.32 Å². The van der Waals surface area contributed by atoms with Crippen LogP contribution in [0.15, 0.2) is 11.6 Å². The highest BCUT2D eigenvalue weighted by molar-refractivity contribution is 6.16. The number of hydrogen-bond acceptors (Lipinski definition) is 3. The molecule has 1 aliphatic rings. The van der Waals surface area contributed by atoms with E-state index in [9.17, 15) is 9.59 Å². The van der Waals surface area contributed by atoms with E-state index in [1.54, 1.807) is 0 Å². The Hall–Kier alpha value is -1.16. The second kappa shape index (κ2) is 4.91. The van der Waals surface area contributed by atoms with Gasteiger partial charge >= 0.3 is 0 Å². The largest absolute Gasteiger partial charge is 0.396 e. The second-order valence-electron chi connectivity index (χ2n) is 3.48. The normalized spacial score (nSPS) is 18.0. The van der Waals surface area contributed by atoms with Crippen LogP contribution in [0.2, 0.25) is 0 Å². The molecule has 4 nitrogen and oxygen atoms in total. The second-order valence-corrected chi connectivity index (χ2v) is 3.48. The number of imide groups is 1. The van der Waals surface area contributed by atoms with Gasteiger partial charge < -0.3 is 5.11 Å². The van der Waals surface area contributed by atoms with Crippen molar-refractivity contribution in [2.75, 3.05) is 6.61 Å². The van der Waals surface area contributed by atoms with E-state index in [0.717, 1.165) is 12.8 Å². The highest BCUT2D eigenvalue weighted by Crippen LogP contribution is 2.16. The smallest absolute Gasteiger partial charge is 0.254 e. The number of aliphatic hydroxyl groups is 1. The molecule has 1 rings (SSSR count). The average Bonchev–Trinajstić information content (AvgIpc) is 2.47. The van der Waals surface area contributed by atoms with E-state index in [1.807, 2.05) is 6.92 Å². The van der Waals surface area contributed by atoms with Crippen molar-refractivity contribution in [3.05, 3.63) is 11.6 Å². The van der Waals surface area contributed by atoms with Crippen molar-refractivity contribution in [3.63, 3.8) is 0 Å². The van der Waals surface area contributed by atoms with Crippen LogP contribution in [0.25, 0.3) is 0 Å². The highest BCUT2D eigenvalue weighted by Gasteiger charge is 2.20. The Morgan fingerprint density at radius 2 is 2.21 bits per heavy atom. The minimum atomic E-state index is -0.331. The summed E-state index contributed by atoms with van der Waals surface area (Å²) in [5.74, 6) is -0.399. The van der Waals surface area contributed by atoms with Crippen LogP contribution in [0.4, 0.5) is 0 Å². The van der Waals surface area contributed by atoms with Gasteiger partial charge in [-0.15, -0.1) is 0 Å². The van der Waals surface area contributed by atoms with Crippen molar-refractivity contribution in [3.8, 4) is 0 Å². The van der Waals surface area contributed by atoms with Gasteiger partial charge in [0.1, 0.15) is 0 Å². The van der Waals surface area contributed by atoms with E-state index in [0.29, 0.717) is 12.0 Å². The molecule has 0 aromatic carbocycles. The van der Waals surface area contributed by atoms with Gasteiger partial charge in [0.05, 0.1) is 0 Å². The topological polar surface area (TPSA) is 66.4 Å². The third-order valence-corrected chi connectivity index (χ3v) is 2.49. The van der Waals surface area contributed by atoms with Crippen molar-refractivity contribution < 1.29 is 14.7 Å². The molecule has 2 amide bonds. The Morgan fingerprint density at radius 1 is 1.50 bits per heavy atom. The van der Waals surface area contributed by atoms with Gasteiger partial charge in [-0.3, -0.25) is 14.9 Å². The van der Waals surface area contributed by atoms with E-state index in [1.165, 1.54) is 6.08 Å². The van der Waals surface area contributed by atoms with E-state index in [-0.39, 0.29) is 24.3 Å². The average molecular weight is 197 g/mol. The van der Waals surface area contributed by atoms with Crippen LogP contribution in [0, 0.1) is 5.92 Å². The first-order valence-electron chi connectivity index (χ1n) is 4.84. The summed E-state index contributed by atoms with van der Waals surface area (Å²) in [7, 11) is 0. The molecular formula is C10H15NO3. The third-order valence-electron chi connectivity index (χ3n) is 2.49. The summed E-state index contributed by atoms with van der Waals surface area (Å²) in [5.41, 5.74) is 0.530. The predicted molar refractivity (Wildman–Crippen MR) is 51.3 cm³/mol. The molecule has 0 aliphatic carbocycles. The Balaban J connectivity index is 2.41. The zero-order valence-electron chi connectivity index (χ0n) is 8.25. The summed E-state index contributed by atoms with van der Waals surface area (Å²) in [5, 5.41) is 11.1. The van der Waals surface area contributed by atoms with Crippen LogP contribution in [-0.2, 0) is 9.59 Å². The number of nitrogens with one attached hydrogen (secondary N) is 1. The van der Waals surface area contributed by atoms with E-state index >= 15 is 0 Å². The van der Waals surface area contributed by atoms with Gasteiger partial charge in [0.15, 0.2) is 0 Å². The van der Waals surface area contributed by atoms with Crippen molar-refractivity contribution in [2.45, 2.75) is 26.2 Å². The molecule has 0 fully saturated rings. The van der Waals surface area contributed by atoms with Crippen LogP contribution in [-0.4, -0.2) is 23.5 Å². The van der Waals surface area contributed by atoms with E-state index < -0.39 is 0 Å². The molecule has 1 unspecified atom stereocenters. The monoisotopic (exact) mass is 197 g/mol. The maximum Gasteiger partial charge on any atom is 0.254 e. The Bertz CT molecular complexity index is 267. The maximum absolute atomic E-state index is 11.1. The highest BCUT2D eigenvalue weighted by atomic mass is 16.3. The first kappa shape index (κ1) is 10.9. The van der Waals surface area contributed by atoms with Crippen LogP contribution in [0.3, 0.4) is 0 Å². The van der Waals surface area contributed by atoms with Gasteiger partial charge in [-0.05, 0) is 18.8 Å². The molecule has 1 aliphatic heterocycles. The molecular weight excluding hydrogens is 182 g/mol. The molecule has 1 heterocycles. The summed E-state index contributed by atoms with van der Waals surface area (Å²) in [6.45, 7) is 2.13. The van der Waals surface area contributed by atoms with Gasteiger partial charge in [0.2, 0.25) is 0 Å². The van der Waals surface area contributed by atoms with E-state index in [4.69, 9.17) is 5.11 Å². The Labute approximate surface area is 83.0 Å². The Kier molecular flexibility index (Phi) is 3.83. The van der Waals surface area contributed by atoms with Gasteiger partial charge in [-0.25, -0.2) is 0 Å². The van der Waals surface area contributed by atoms with Gasteiger partial charge in [0.25, 0.3) is 11.8 Å². The van der Waals surface area contributed by atoms with Crippen molar-refractivity contribution >= 4 is 11.8 Å². The molecule has 78 valence electrons. The summed E-state index contributed by atoms with van der Waals surface area (Å²) in [6, 6.07) is 0. The molecule has 0 saturated carbocycles. The number of carbonyl (C=O) groups is 2. The predicted octanol–water partition coefficient (Wildman–Crippen LogP) is 0.368. The van der Waals surface area contributed by atoms with Crippen molar-refractivity contribution in [1.29, 1.82) is 0 Å². The molecule has 0 spiro atoms. The number of carbonyl (C=O) groups excluding carboxylic acids is 2.